The van der Waals surface area contributed by atoms with Gasteiger partial charge in [-0.2, -0.15) is 0 Å². The van der Waals surface area contributed by atoms with E-state index in [1.165, 1.54) is 12.1 Å². The van der Waals surface area contributed by atoms with Crippen LogP contribution in [-0.2, 0) is 11.3 Å². The highest BCUT2D eigenvalue weighted by Gasteiger charge is 2.25. The Kier molecular flexibility index (Phi) is 10.1. The fourth-order valence-electron chi connectivity index (χ4n) is 3.49. The topological polar surface area (TPSA) is 53.2 Å². The number of nitrogens with zero attached hydrogens (tertiary/aromatic N) is 3. The van der Waals surface area contributed by atoms with Gasteiger partial charge in [-0.3, -0.25) is 9.89 Å². The summed E-state index contributed by atoms with van der Waals surface area (Å²) in [7, 11) is 1.99. The highest BCUT2D eigenvalue weighted by atomic mass is 127. The molecule has 0 amide bonds. The first kappa shape index (κ1) is 24.6. The number of hydrogen-bond donors (Lipinski definition) is 1. The van der Waals surface area contributed by atoms with Gasteiger partial charge in [-0.15, -0.1) is 24.0 Å². The van der Waals surface area contributed by atoms with Gasteiger partial charge in [0.2, 0.25) is 0 Å². The molecule has 1 aromatic carbocycles. The molecule has 1 aliphatic heterocycles. The zero-order valence-electron chi connectivity index (χ0n) is 17.9. The third-order valence-corrected chi connectivity index (χ3v) is 5.02. The lowest BCUT2D eigenvalue weighted by atomic mass is 10.1. The van der Waals surface area contributed by atoms with Gasteiger partial charge in [0.05, 0.1) is 25.8 Å². The Bertz CT molecular complexity index is 791. The molecule has 1 unspecified atom stereocenters. The molecule has 2 heterocycles. The maximum atomic E-state index is 13.2. The molecule has 0 spiro atoms. The van der Waals surface area contributed by atoms with Gasteiger partial charge >= 0.3 is 0 Å². The van der Waals surface area contributed by atoms with Crippen LogP contribution >= 0.6 is 24.0 Å². The minimum atomic E-state index is -0.223. The molecule has 6 nitrogen and oxygen atoms in total. The number of aryl methyl sites for hydroxylation is 1. The van der Waals surface area contributed by atoms with Gasteiger partial charge in [0, 0.05) is 33.2 Å². The number of furan rings is 1. The predicted octanol–water partition coefficient (Wildman–Crippen LogP) is 3.82. The van der Waals surface area contributed by atoms with Gasteiger partial charge in [-0.25, -0.2) is 4.39 Å². The molecule has 1 N–H and O–H groups in total. The third kappa shape index (κ3) is 6.95. The number of ether oxygens (including phenoxy) is 1. The molecule has 0 aliphatic carbocycles. The average Bonchev–Trinajstić information content (AvgIpc) is 3.16. The second-order valence-electron chi connectivity index (χ2n) is 7.29. The summed E-state index contributed by atoms with van der Waals surface area (Å²) in [6.45, 7) is 9.20. The first-order valence-electron chi connectivity index (χ1n) is 10.2. The van der Waals surface area contributed by atoms with Crippen LogP contribution in [-0.4, -0.2) is 62.2 Å². The van der Waals surface area contributed by atoms with Gasteiger partial charge in [-0.05, 0) is 43.7 Å². The van der Waals surface area contributed by atoms with Crippen LogP contribution in [0.2, 0.25) is 0 Å². The van der Waals surface area contributed by atoms with Gasteiger partial charge in [0.1, 0.15) is 17.3 Å². The zero-order chi connectivity index (χ0) is 20.6. The summed E-state index contributed by atoms with van der Waals surface area (Å²) < 4.78 is 24.6. The highest BCUT2D eigenvalue weighted by Crippen LogP contribution is 2.24. The molecule has 1 fully saturated rings. The van der Waals surface area contributed by atoms with Crippen LogP contribution in [0.3, 0.4) is 0 Å². The molecule has 0 saturated carbocycles. The van der Waals surface area contributed by atoms with Crippen molar-refractivity contribution in [3.05, 3.63) is 59.3 Å². The van der Waals surface area contributed by atoms with Gasteiger partial charge in [0.25, 0.3) is 0 Å². The first-order valence-corrected chi connectivity index (χ1v) is 10.2. The lowest BCUT2D eigenvalue weighted by Crippen LogP contribution is -2.42. The fraction of sp³-hybridized carbons (Fsp3) is 0.500. The van der Waals surface area contributed by atoms with Crippen molar-refractivity contribution >= 4 is 29.9 Å². The monoisotopic (exact) mass is 530 g/mol. The van der Waals surface area contributed by atoms with Crippen LogP contribution in [0.4, 0.5) is 4.39 Å². The largest absolute Gasteiger partial charge is 0.465 e. The van der Waals surface area contributed by atoms with E-state index in [0.29, 0.717) is 13.1 Å². The molecular formula is C22H32FIN4O2. The number of nitrogens with one attached hydrogen (secondary N) is 1. The van der Waals surface area contributed by atoms with Crippen LogP contribution in [0.1, 0.15) is 30.0 Å². The zero-order valence-corrected chi connectivity index (χ0v) is 20.3. The van der Waals surface area contributed by atoms with E-state index in [4.69, 9.17) is 14.1 Å². The van der Waals surface area contributed by atoms with Crippen molar-refractivity contribution in [3.8, 4) is 0 Å². The van der Waals surface area contributed by atoms with Crippen LogP contribution in [0.15, 0.2) is 45.8 Å². The van der Waals surface area contributed by atoms with Gasteiger partial charge in [0.15, 0.2) is 5.96 Å². The van der Waals surface area contributed by atoms with Crippen LogP contribution in [0.5, 0.6) is 0 Å². The number of benzene rings is 1. The molecule has 0 bridgehead atoms. The van der Waals surface area contributed by atoms with Crippen molar-refractivity contribution in [1.82, 2.24) is 15.1 Å². The molecule has 1 saturated heterocycles. The Morgan fingerprint density at radius 1 is 1.20 bits per heavy atom. The SMILES string of the molecule is CCNC(=NCC(c1ccc(C)o1)N1CCOCC1)N(C)Cc1ccc(F)cc1.I. The Morgan fingerprint density at radius 2 is 1.90 bits per heavy atom. The van der Waals surface area contributed by atoms with Crippen LogP contribution in [0.25, 0.3) is 0 Å². The Hall–Kier alpha value is -1.65. The van der Waals surface area contributed by atoms with E-state index >= 15 is 0 Å². The summed E-state index contributed by atoms with van der Waals surface area (Å²) >= 11 is 0. The summed E-state index contributed by atoms with van der Waals surface area (Å²) in [5.74, 6) is 2.44. The number of aliphatic imine (C=N–C) groups is 1. The van der Waals surface area contributed by atoms with Gasteiger partial charge < -0.3 is 19.4 Å². The molecular weight excluding hydrogens is 498 g/mol. The second-order valence-corrected chi connectivity index (χ2v) is 7.29. The second kappa shape index (κ2) is 12.3. The van der Waals surface area contributed by atoms with E-state index in [9.17, 15) is 4.39 Å². The molecule has 2 aromatic rings. The normalized spacial score (nSPS) is 16.1. The molecule has 1 aromatic heterocycles. The molecule has 1 atom stereocenters. The smallest absolute Gasteiger partial charge is 0.194 e. The van der Waals surface area contributed by atoms with Crippen molar-refractivity contribution in [1.29, 1.82) is 0 Å². The number of rotatable bonds is 7. The van der Waals surface area contributed by atoms with Crippen LogP contribution in [0, 0.1) is 12.7 Å². The summed E-state index contributed by atoms with van der Waals surface area (Å²) in [6, 6.07) is 10.7. The molecule has 1 aliphatic rings. The number of morpholine rings is 1. The number of hydrogen-bond acceptors (Lipinski definition) is 4. The predicted molar refractivity (Wildman–Crippen MR) is 128 cm³/mol. The maximum Gasteiger partial charge on any atom is 0.194 e. The standard InChI is InChI=1S/C22H31FN4O2.HI/c1-4-24-22(26(3)16-18-6-8-19(23)9-7-18)25-15-20(21-10-5-17(2)29-21)27-11-13-28-14-12-27;/h5-10,20H,4,11-16H2,1-3H3,(H,24,25);1H. The van der Waals surface area contributed by atoms with E-state index < -0.39 is 0 Å². The molecule has 3 rings (SSSR count). The molecule has 30 heavy (non-hydrogen) atoms. The Labute approximate surface area is 195 Å². The molecule has 8 heteroatoms. The minimum absolute atomic E-state index is 0. The minimum Gasteiger partial charge on any atom is -0.465 e. The van der Waals surface area contributed by atoms with E-state index in [-0.39, 0.29) is 35.8 Å². The van der Waals surface area contributed by atoms with Crippen molar-refractivity contribution in [3.63, 3.8) is 0 Å². The van der Waals surface area contributed by atoms with Crippen LogP contribution < -0.4 is 5.32 Å². The lowest BCUT2D eigenvalue weighted by Gasteiger charge is -2.33. The Morgan fingerprint density at radius 3 is 2.50 bits per heavy atom. The van der Waals surface area contributed by atoms with Crippen molar-refractivity contribution < 1.29 is 13.5 Å². The summed E-state index contributed by atoms with van der Waals surface area (Å²) in [4.78, 5) is 9.33. The third-order valence-electron chi connectivity index (χ3n) is 5.02. The van der Waals surface area contributed by atoms with Crippen molar-refractivity contribution in [2.45, 2.75) is 26.4 Å². The van der Waals surface area contributed by atoms with E-state index in [1.807, 2.05) is 26.1 Å². The number of guanidine groups is 1. The fourth-order valence-corrected chi connectivity index (χ4v) is 3.49. The van der Waals surface area contributed by atoms with E-state index in [2.05, 4.69) is 22.0 Å². The summed E-state index contributed by atoms with van der Waals surface area (Å²) in [5, 5.41) is 3.36. The molecule has 166 valence electrons. The Balaban J connectivity index is 0.00000320. The van der Waals surface area contributed by atoms with E-state index in [1.54, 1.807) is 12.1 Å². The highest BCUT2D eigenvalue weighted by molar-refractivity contribution is 14.0. The van der Waals surface area contributed by atoms with Gasteiger partial charge in [-0.1, -0.05) is 12.1 Å². The van der Waals surface area contributed by atoms with Crippen molar-refractivity contribution in [2.24, 2.45) is 4.99 Å². The number of halogens is 2. The summed E-state index contributed by atoms with van der Waals surface area (Å²) in [6.07, 6.45) is 0. The first-order chi connectivity index (χ1) is 14.1. The lowest BCUT2D eigenvalue weighted by molar-refractivity contribution is 0.0135. The van der Waals surface area contributed by atoms with E-state index in [0.717, 1.165) is 55.9 Å². The van der Waals surface area contributed by atoms with Crippen molar-refractivity contribution in [2.75, 3.05) is 46.4 Å². The molecule has 0 radical (unpaired) electrons. The average molecular weight is 530 g/mol. The quantitative estimate of drug-likeness (QED) is 0.335. The summed E-state index contributed by atoms with van der Waals surface area (Å²) in [5.41, 5.74) is 1.03. The maximum absolute atomic E-state index is 13.2.